The van der Waals surface area contributed by atoms with Crippen molar-refractivity contribution in [2.75, 3.05) is 0 Å². The van der Waals surface area contributed by atoms with Crippen LogP contribution in [-0.2, 0) is 13.1 Å². The SMILES string of the molecule is NCc1ccn(CCC(F)F)c1. The summed E-state index contributed by atoms with van der Waals surface area (Å²) in [5.41, 5.74) is 6.33. The smallest absolute Gasteiger partial charge is 0.240 e. The normalized spacial score (nSPS) is 11.0. The molecule has 68 valence electrons. The molecular formula is C8H12F2N2. The van der Waals surface area contributed by atoms with Crippen molar-refractivity contribution >= 4 is 0 Å². The second-order valence-electron chi connectivity index (χ2n) is 2.64. The quantitative estimate of drug-likeness (QED) is 0.738. The summed E-state index contributed by atoms with van der Waals surface area (Å²) in [4.78, 5) is 0. The first-order valence-electron chi connectivity index (χ1n) is 3.85. The summed E-state index contributed by atoms with van der Waals surface area (Å²) in [6, 6.07) is 1.84. The molecule has 0 atom stereocenters. The zero-order valence-electron chi connectivity index (χ0n) is 6.71. The average molecular weight is 174 g/mol. The second-order valence-corrected chi connectivity index (χ2v) is 2.64. The second kappa shape index (κ2) is 4.21. The molecular weight excluding hydrogens is 162 g/mol. The molecule has 1 heterocycles. The van der Waals surface area contributed by atoms with Crippen LogP contribution in [0.1, 0.15) is 12.0 Å². The Labute approximate surface area is 70.0 Å². The maximum absolute atomic E-state index is 11.8. The fourth-order valence-electron chi connectivity index (χ4n) is 0.997. The van der Waals surface area contributed by atoms with Gasteiger partial charge in [0.15, 0.2) is 0 Å². The standard InChI is InChI=1S/C8H12F2N2/c9-8(10)2-4-12-3-1-7(5-11)6-12/h1,3,6,8H,2,4-5,11H2. The third kappa shape index (κ3) is 2.62. The number of nitrogens with zero attached hydrogens (tertiary/aromatic N) is 1. The van der Waals surface area contributed by atoms with Gasteiger partial charge in [-0.3, -0.25) is 0 Å². The van der Waals surface area contributed by atoms with E-state index in [4.69, 9.17) is 5.73 Å². The molecule has 12 heavy (non-hydrogen) atoms. The van der Waals surface area contributed by atoms with E-state index < -0.39 is 6.43 Å². The van der Waals surface area contributed by atoms with Crippen molar-refractivity contribution in [2.24, 2.45) is 5.73 Å². The number of hydrogen-bond donors (Lipinski definition) is 1. The summed E-state index contributed by atoms with van der Waals surface area (Å²) in [5, 5.41) is 0. The largest absolute Gasteiger partial charge is 0.354 e. The van der Waals surface area contributed by atoms with Crippen LogP contribution in [0.4, 0.5) is 8.78 Å². The van der Waals surface area contributed by atoms with Gasteiger partial charge in [0.25, 0.3) is 0 Å². The van der Waals surface area contributed by atoms with Gasteiger partial charge in [0.1, 0.15) is 0 Å². The Bertz CT molecular complexity index is 233. The molecule has 0 amide bonds. The fraction of sp³-hybridized carbons (Fsp3) is 0.500. The predicted octanol–water partition coefficient (Wildman–Crippen LogP) is 1.60. The van der Waals surface area contributed by atoms with Crippen LogP contribution < -0.4 is 5.73 Å². The lowest BCUT2D eigenvalue weighted by molar-refractivity contribution is 0.131. The average Bonchev–Trinajstić information content (AvgIpc) is 2.48. The fourth-order valence-corrected chi connectivity index (χ4v) is 0.997. The van der Waals surface area contributed by atoms with E-state index in [1.807, 2.05) is 6.07 Å². The minimum Gasteiger partial charge on any atom is -0.354 e. The number of aryl methyl sites for hydroxylation is 1. The van der Waals surface area contributed by atoms with E-state index in [0.717, 1.165) is 5.56 Å². The molecule has 0 spiro atoms. The van der Waals surface area contributed by atoms with E-state index >= 15 is 0 Å². The van der Waals surface area contributed by atoms with Crippen molar-refractivity contribution in [3.63, 3.8) is 0 Å². The molecule has 2 N–H and O–H groups in total. The van der Waals surface area contributed by atoms with Crippen LogP contribution in [0.5, 0.6) is 0 Å². The first-order valence-corrected chi connectivity index (χ1v) is 3.85. The number of hydrogen-bond acceptors (Lipinski definition) is 1. The van der Waals surface area contributed by atoms with Crippen LogP contribution in [0.15, 0.2) is 18.5 Å². The lowest BCUT2D eigenvalue weighted by Crippen LogP contribution is -2.00. The van der Waals surface area contributed by atoms with Crippen molar-refractivity contribution in [1.29, 1.82) is 0 Å². The number of nitrogens with two attached hydrogens (primary N) is 1. The molecule has 2 nitrogen and oxygen atoms in total. The Balaban J connectivity index is 2.41. The van der Waals surface area contributed by atoms with Crippen molar-refractivity contribution < 1.29 is 8.78 Å². The maximum Gasteiger partial charge on any atom is 0.240 e. The molecule has 0 fully saturated rings. The number of rotatable bonds is 4. The molecule has 1 aromatic heterocycles. The summed E-state index contributed by atoms with van der Waals surface area (Å²) in [5.74, 6) is 0. The highest BCUT2D eigenvalue weighted by Gasteiger charge is 2.02. The summed E-state index contributed by atoms with van der Waals surface area (Å²) >= 11 is 0. The molecule has 0 saturated carbocycles. The van der Waals surface area contributed by atoms with E-state index in [-0.39, 0.29) is 6.42 Å². The van der Waals surface area contributed by atoms with Crippen molar-refractivity contribution in [3.8, 4) is 0 Å². The molecule has 4 heteroatoms. The van der Waals surface area contributed by atoms with Crippen LogP contribution >= 0.6 is 0 Å². The summed E-state index contributed by atoms with van der Waals surface area (Å²) in [7, 11) is 0. The molecule has 0 radical (unpaired) electrons. The van der Waals surface area contributed by atoms with E-state index in [0.29, 0.717) is 13.1 Å². The molecule has 1 rings (SSSR count). The molecule has 0 aliphatic carbocycles. The third-order valence-electron chi connectivity index (χ3n) is 1.65. The van der Waals surface area contributed by atoms with Gasteiger partial charge < -0.3 is 10.3 Å². The molecule has 0 unspecified atom stereocenters. The van der Waals surface area contributed by atoms with E-state index in [2.05, 4.69) is 0 Å². The minimum atomic E-state index is -2.23. The van der Waals surface area contributed by atoms with E-state index in [1.165, 1.54) is 0 Å². The number of alkyl halides is 2. The van der Waals surface area contributed by atoms with Gasteiger partial charge in [-0.05, 0) is 11.6 Å². The van der Waals surface area contributed by atoms with Gasteiger partial charge in [-0.2, -0.15) is 0 Å². The monoisotopic (exact) mass is 174 g/mol. The van der Waals surface area contributed by atoms with Crippen LogP contribution in [-0.4, -0.2) is 11.0 Å². The van der Waals surface area contributed by atoms with Gasteiger partial charge in [-0.25, -0.2) is 8.78 Å². The van der Waals surface area contributed by atoms with Gasteiger partial charge in [-0.1, -0.05) is 0 Å². The topological polar surface area (TPSA) is 30.9 Å². The van der Waals surface area contributed by atoms with Crippen molar-refractivity contribution in [3.05, 3.63) is 24.0 Å². The minimum absolute atomic E-state index is 0.0985. The molecule has 0 saturated heterocycles. The van der Waals surface area contributed by atoms with Gasteiger partial charge >= 0.3 is 0 Å². The van der Waals surface area contributed by atoms with Gasteiger partial charge in [0.05, 0.1) is 0 Å². The van der Waals surface area contributed by atoms with Gasteiger partial charge in [0.2, 0.25) is 6.43 Å². The van der Waals surface area contributed by atoms with Crippen LogP contribution in [0.2, 0.25) is 0 Å². The Morgan fingerprint density at radius 1 is 1.50 bits per heavy atom. The molecule has 0 aliphatic heterocycles. The van der Waals surface area contributed by atoms with Crippen molar-refractivity contribution in [1.82, 2.24) is 4.57 Å². The highest BCUT2D eigenvalue weighted by Crippen LogP contribution is 2.05. The molecule has 1 aromatic rings. The summed E-state index contributed by atoms with van der Waals surface area (Å²) in [6.45, 7) is 0.819. The van der Waals surface area contributed by atoms with E-state index in [1.54, 1.807) is 17.0 Å². The maximum atomic E-state index is 11.8. The Morgan fingerprint density at radius 3 is 2.75 bits per heavy atom. The first-order chi connectivity index (χ1) is 5.72. The zero-order valence-corrected chi connectivity index (χ0v) is 6.71. The lowest BCUT2D eigenvalue weighted by Gasteiger charge is -2.00. The van der Waals surface area contributed by atoms with Gasteiger partial charge in [0, 0.05) is 31.9 Å². The highest BCUT2D eigenvalue weighted by atomic mass is 19.3. The summed E-state index contributed by atoms with van der Waals surface area (Å²) in [6.07, 6.45) is 1.24. The molecule has 0 aliphatic rings. The lowest BCUT2D eigenvalue weighted by atomic mass is 10.3. The Kier molecular flexibility index (Phi) is 3.22. The zero-order chi connectivity index (χ0) is 8.97. The highest BCUT2D eigenvalue weighted by molar-refractivity contribution is 5.09. The number of halogens is 2. The third-order valence-corrected chi connectivity index (χ3v) is 1.65. The number of aromatic nitrogens is 1. The van der Waals surface area contributed by atoms with Crippen molar-refractivity contribution in [2.45, 2.75) is 25.9 Å². The Morgan fingerprint density at radius 2 is 2.25 bits per heavy atom. The molecule has 0 aromatic carbocycles. The van der Waals surface area contributed by atoms with Crippen LogP contribution in [0, 0.1) is 0 Å². The summed E-state index contributed by atoms with van der Waals surface area (Å²) < 4.78 is 25.3. The van der Waals surface area contributed by atoms with Crippen LogP contribution in [0.25, 0.3) is 0 Å². The van der Waals surface area contributed by atoms with Crippen LogP contribution in [0.3, 0.4) is 0 Å². The first kappa shape index (κ1) is 9.19. The molecule has 0 bridgehead atoms. The Hall–Kier alpha value is -0.900. The van der Waals surface area contributed by atoms with E-state index in [9.17, 15) is 8.78 Å². The predicted molar refractivity (Wildman–Crippen MR) is 42.9 cm³/mol. The van der Waals surface area contributed by atoms with Gasteiger partial charge in [-0.15, -0.1) is 0 Å².